The van der Waals surface area contributed by atoms with Crippen molar-refractivity contribution in [3.63, 3.8) is 0 Å². The first-order valence-corrected chi connectivity index (χ1v) is 20.9. The van der Waals surface area contributed by atoms with E-state index in [0.717, 1.165) is 77.0 Å². The molecule has 0 saturated carbocycles. The van der Waals surface area contributed by atoms with Gasteiger partial charge in [-0.2, -0.15) is 15.0 Å². The topological polar surface area (TPSA) is 48.5 Å². The van der Waals surface area contributed by atoms with Crippen LogP contribution >= 0.6 is 0 Å². The second-order valence-electron chi connectivity index (χ2n) is 15.6. The fourth-order valence-corrected chi connectivity index (χ4v) is 9.08. The molecule has 0 unspecified atom stereocenters. The molecule has 5 nitrogen and oxygen atoms in total. The number of hydrogen-bond acceptors (Lipinski definition) is 3. The minimum absolute atomic E-state index is 0.542. The highest BCUT2D eigenvalue weighted by Crippen LogP contribution is 2.39. The van der Waals surface area contributed by atoms with E-state index in [4.69, 9.17) is 15.0 Å². The van der Waals surface area contributed by atoms with Gasteiger partial charge in [0.1, 0.15) is 0 Å². The average molecular weight is 792 g/mol. The summed E-state index contributed by atoms with van der Waals surface area (Å²) < 4.78 is 4.42. The van der Waals surface area contributed by atoms with Crippen molar-refractivity contribution in [2.24, 2.45) is 0 Å². The van der Waals surface area contributed by atoms with Crippen molar-refractivity contribution in [1.29, 1.82) is 0 Å². The third-order valence-corrected chi connectivity index (χ3v) is 12.0. The van der Waals surface area contributed by atoms with Gasteiger partial charge in [-0.25, -0.2) is 0 Å². The summed E-state index contributed by atoms with van der Waals surface area (Å²) in [6.07, 6.45) is 0. The predicted octanol–water partition coefficient (Wildman–Crippen LogP) is 14.4. The highest BCUT2D eigenvalue weighted by molar-refractivity contribution is 6.11. The van der Waals surface area contributed by atoms with Gasteiger partial charge in [-0.05, 0) is 68.8 Å². The lowest BCUT2D eigenvalue weighted by Crippen LogP contribution is -2.10. The summed E-state index contributed by atoms with van der Waals surface area (Å²) in [5.41, 5.74) is 14.2. The normalized spacial score (nSPS) is 11.5. The molecule has 3 aromatic heterocycles. The molecule has 0 atom stereocenters. The zero-order chi connectivity index (χ0) is 41.0. The molecule has 3 heterocycles. The lowest BCUT2D eigenvalue weighted by molar-refractivity contribution is 0.893. The van der Waals surface area contributed by atoms with Crippen molar-refractivity contribution in [3.05, 3.63) is 224 Å². The van der Waals surface area contributed by atoms with Gasteiger partial charge in [0.2, 0.25) is 11.9 Å². The van der Waals surface area contributed by atoms with Gasteiger partial charge in [0, 0.05) is 27.1 Å². The first-order valence-electron chi connectivity index (χ1n) is 20.9. The summed E-state index contributed by atoms with van der Waals surface area (Å²) in [7, 11) is 0. The van der Waals surface area contributed by atoms with E-state index in [2.05, 4.69) is 234 Å². The number of fused-ring (bicyclic) bond motifs is 6. The Morgan fingerprint density at radius 2 is 0.597 bits per heavy atom. The summed E-state index contributed by atoms with van der Waals surface area (Å²) in [6.45, 7) is 0. The summed E-state index contributed by atoms with van der Waals surface area (Å²) >= 11 is 0. The zero-order valence-corrected chi connectivity index (χ0v) is 33.6. The van der Waals surface area contributed by atoms with Crippen LogP contribution in [-0.2, 0) is 0 Å². The molecule has 12 aromatic rings. The quantitative estimate of drug-likeness (QED) is 0.162. The molecule has 0 aliphatic heterocycles. The van der Waals surface area contributed by atoms with E-state index >= 15 is 0 Å². The molecule has 0 aliphatic rings. The fraction of sp³-hybridized carbons (Fsp3) is 0. The number of nitrogens with zero attached hydrogens (tertiary/aromatic N) is 5. The molecule has 0 spiro atoms. The largest absolute Gasteiger partial charge is 0.278 e. The van der Waals surface area contributed by atoms with E-state index in [1.807, 2.05) is 0 Å². The molecule has 0 saturated heterocycles. The molecular weight excluding hydrogens is 755 g/mol. The highest BCUT2D eigenvalue weighted by atomic mass is 15.3. The second-order valence-corrected chi connectivity index (χ2v) is 15.6. The Bertz CT molecular complexity index is 3460. The minimum atomic E-state index is 0.542. The Morgan fingerprint density at radius 3 is 1.10 bits per heavy atom. The van der Waals surface area contributed by atoms with Crippen LogP contribution in [0.25, 0.3) is 111 Å². The standard InChI is InChI=1S/C57H37N5/c1-4-16-38(17-5-1)43-32-34-49-50-35-33-44(39-18-6-2-7-19-39)37-54(50)62(53(49)36-43)57-59-55(58-56(60-57)61-51-26-14-12-24-47(51)48-25-13-15-27-52(48)61)42-30-28-41(29-31-42)46-23-11-10-22-45(46)40-20-8-3-9-21-40/h1-37H. The van der Waals surface area contributed by atoms with Gasteiger partial charge in [-0.3, -0.25) is 9.13 Å². The van der Waals surface area contributed by atoms with Crippen LogP contribution in [0.2, 0.25) is 0 Å². The van der Waals surface area contributed by atoms with Crippen LogP contribution in [0, 0.1) is 0 Å². The molecule has 0 bridgehead atoms. The van der Waals surface area contributed by atoms with Gasteiger partial charge >= 0.3 is 0 Å². The van der Waals surface area contributed by atoms with Gasteiger partial charge in [0.25, 0.3) is 0 Å². The van der Waals surface area contributed by atoms with Gasteiger partial charge < -0.3 is 0 Å². The molecule has 0 amide bonds. The van der Waals surface area contributed by atoms with Crippen molar-refractivity contribution in [2.45, 2.75) is 0 Å². The van der Waals surface area contributed by atoms with E-state index in [9.17, 15) is 0 Å². The Morgan fingerprint density at radius 1 is 0.242 bits per heavy atom. The maximum atomic E-state index is 5.46. The molecule has 0 fully saturated rings. The van der Waals surface area contributed by atoms with Crippen LogP contribution in [0.15, 0.2) is 224 Å². The lowest BCUT2D eigenvalue weighted by Gasteiger charge is -2.14. The minimum Gasteiger partial charge on any atom is -0.278 e. The third-order valence-electron chi connectivity index (χ3n) is 12.0. The molecular formula is C57H37N5. The summed E-state index contributed by atoms with van der Waals surface area (Å²) in [5, 5.41) is 4.54. The van der Waals surface area contributed by atoms with Gasteiger partial charge in [-0.1, -0.05) is 200 Å². The smallest absolute Gasteiger partial charge is 0.240 e. The summed E-state index contributed by atoms with van der Waals surface area (Å²) in [5.74, 6) is 1.68. The number of aromatic nitrogens is 5. The molecule has 290 valence electrons. The maximum absolute atomic E-state index is 5.46. The van der Waals surface area contributed by atoms with Gasteiger partial charge in [-0.15, -0.1) is 0 Å². The van der Waals surface area contributed by atoms with E-state index in [1.54, 1.807) is 0 Å². The van der Waals surface area contributed by atoms with Crippen molar-refractivity contribution in [3.8, 4) is 67.8 Å². The van der Waals surface area contributed by atoms with E-state index in [1.165, 1.54) is 16.7 Å². The summed E-state index contributed by atoms with van der Waals surface area (Å²) in [6, 6.07) is 79.3. The molecule has 9 aromatic carbocycles. The number of para-hydroxylation sites is 2. The van der Waals surface area contributed by atoms with Crippen LogP contribution < -0.4 is 0 Å². The van der Waals surface area contributed by atoms with Crippen LogP contribution in [0.1, 0.15) is 0 Å². The Hall–Kier alpha value is -8.41. The van der Waals surface area contributed by atoms with Crippen molar-refractivity contribution >= 4 is 43.6 Å². The third kappa shape index (κ3) is 5.98. The predicted molar refractivity (Wildman–Crippen MR) is 256 cm³/mol. The van der Waals surface area contributed by atoms with Crippen LogP contribution in [0.4, 0.5) is 0 Å². The summed E-state index contributed by atoms with van der Waals surface area (Å²) in [4.78, 5) is 16.2. The number of rotatable bonds is 7. The molecule has 62 heavy (non-hydrogen) atoms. The maximum Gasteiger partial charge on any atom is 0.240 e. The zero-order valence-electron chi connectivity index (χ0n) is 33.6. The van der Waals surface area contributed by atoms with Crippen molar-refractivity contribution < 1.29 is 0 Å². The van der Waals surface area contributed by atoms with E-state index < -0.39 is 0 Å². The number of benzene rings is 9. The average Bonchev–Trinajstić information content (AvgIpc) is 3.87. The van der Waals surface area contributed by atoms with E-state index in [-0.39, 0.29) is 0 Å². The molecule has 0 radical (unpaired) electrons. The van der Waals surface area contributed by atoms with Crippen LogP contribution in [-0.4, -0.2) is 24.1 Å². The fourth-order valence-electron chi connectivity index (χ4n) is 9.08. The highest BCUT2D eigenvalue weighted by Gasteiger charge is 2.22. The van der Waals surface area contributed by atoms with Crippen molar-refractivity contribution in [1.82, 2.24) is 24.1 Å². The first kappa shape index (κ1) is 35.5. The molecule has 5 heteroatoms. The van der Waals surface area contributed by atoms with Gasteiger partial charge in [0.15, 0.2) is 5.82 Å². The molecule has 0 N–H and O–H groups in total. The molecule has 12 rings (SSSR count). The first-order chi connectivity index (χ1) is 30.7. The van der Waals surface area contributed by atoms with Crippen molar-refractivity contribution in [2.75, 3.05) is 0 Å². The Kier molecular flexibility index (Phi) is 8.42. The number of hydrogen-bond donors (Lipinski definition) is 0. The van der Waals surface area contributed by atoms with Gasteiger partial charge in [0.05, 0.1) is 22.1 Å². The van der Waals surface area contributed by atoms with Crippen LogP contribution in [0.3, 0.4) is 0 Å². The Labute approximate surface area is 358 Å². The van der Waals surface area contributed by atoms with Crippen LogP contribution in [0.5, 0.6) is 0 Å². The monoisotopic (exact) mass is 791 g/mol. The SMILES string of the molecule is c1ccc(-c2ccc3c4ccc(-c5ccccc5)cc4n(-c4nc(-c5ccc(-c6ccccc6-c6ccccc6)cc5)nc(-n5c6ccccc6c6ccccc65)n4)c3c2)cc1. The Balaban J connectivity index is 1.12. The lowest BCUT2D eigenvalue weighted by atomic mass is 9.94. The second kappa shape index (κ2) is 14.7. The molecule has 0 aliphatic carbocycles. The van der Waals surface area contributed by atoms with E-state index in [0.29, 0.717) is 17.7 Å².